The van der Waals surface area contributed by atoms with Crippen LogP contribution >= 0.6 is 0 Å². The summed E-state index contributed by atoms with van der Waals surface area (Å²) in [5, 5.41) is 3.26. The molecular weight excluding hydrogens is 214 g/mol. The Balaban J connectivity index is 1.63. The Morgan fingerprint density at radius 2 is 2.06 bits per heavy atom. The summed E-state index contributed by atoms with van der Waals surface area (Å²) in [6.07, 6.45) is 0.535. The number of alkyl halides is 2. The molecule has 1 saturated carbocycles. The molecule has 2 heterocycles. The first kappa shape index (κ1) is 10.4. The monoisotopic (exact) mass is 230 g/mol. The van der Waals surface area contributed by atoms with Crippen LogP contribution in [0, 0.1) is 11.8 Å². The van der Waals surface area contributed by atoms with Gasteiger partial charge in [-0.3, -0.25) is 4.79 Å². The number of rotatable bonds is 1. The van der Waals surface area contributed by atoms with Crippen LogP contribution in [-0.4, -0.2) is 42.4 Å². The molecule has 2 aliphatic heterocycles. The fraction of sp³-hybridized carbons (Fsp3) is 0.909. The highest BCUT2D eigenvalue weighted by molar-refractivity contribution is 5.80. The first-order valence-corrected chi connectivity index (χ1v) is 5.96. The number of hydrogen-bond acceptors (Lipinski definition) is 2. The normalized spacial score (nSPS) is 37.2. The summed E-state index contributed by atoms with van der Waals surface area (Å²) >= 11 is 0. The molecule has 0 bridgehead atoms. The van der Waals surface area contributed by atoms with Crippen LogP contribution in [-0.2, 0) is 4.79 Å². The predicted molar refractivity (Wildman–Crippen MR) is 54.1 cm³/mol. The van der Waals surface area contributed by atoms with Crippen molar-refractivity contribution >= 4 is 5.91 Å². The van der Waals surface area contributed by atoms with Crippen LogP contribution in [0.5, 0.6) is 0 Å². The van der Waals surface area contributed by atoms with Crippen LogP contribution in [0.1, 0.15) is 19.3 Å². The van der Waals surface area contributed by atoms with Gasteiger partial charge in [0.25, 0.3) is 0 Å². The zero-order chi connectivity index (χ0) is 11.3. The van der Waals surface area contributed by atoms with E-state index in [-0.39, 0.29) is 24.8 Å². The quantitative estimate of drug-likeness (QED) is 0.724. The van der Waals surface area contributed by atoms with E-state index < -0.39 is 11.8 Å². The standard InChI is InChI=1S/C11H16F2N2O/c12-11(13)3-8(4-11)10(16)15-2-1-7-5-14-6-9(7)15/h7-9,14H,1-6H2/t7-,9+/m1/s1. The third-order valence-corrected chi connectivity index (χ3v) is 4.17. The van der Waals surface area contributed by atoms with Gasteiger partial charge in [-0.2, -0.15) is 0 Å². The molecule has 3 rings (SSSR count). The molecule has 2 atom stereocenters. The van der Waals surface area contributed by atoms with Crippen molar-refractivity contribution in [3.63, 3.8) is 0 Å². The second-order valence-corrected chi connectivity index (χ2v) is 5.27. The number of nitrogens with zero attached hydrogens (tertiary/aromatic N) is 1. The molecule has 0 unspecified atom stereocenters. The van der Waals surface area contributed by atoms with Gasteiger partial charge in [0, 0.05) is 44.4 Å². The van der Waals surface area contributed by atoms with E-state index in [1.54, 1.807) is 0 Å². The van der Waals surface area contributed by atoms with Gasteiger partial charge in [0.05, 0.1) is 0 Å². The van der Waals surface area contributed by atoms with Crippen molar-refractivity contribution < 1.29 is 13.6 Å². The van der Waals surface area contributed by atoms with Crippen molar-refractivity contribution in [2.24, 2.45) is 11.8 Å². The van der Waals surface area contributed by atoms with Gasteiger partial charge in [-0.1, -0.05) is 0 Å². The van der Waals surface area contributed by atoms with E-state index in [2.05, 4.69) is 5.32 Å². The minimum Gasteiger partial charge on any atom is -0.338 e. The van der Waals surface area contributed by atoms with Gasteiger partial charge < -0.3 is 10.2 Å². The molecule has 16 heavy (non-hydrogen) atoms. The van der Waals surface area contributed by atoms with E-state index in [4.69, 9.17) is 0 Å². The van der Waals surface area contributed by atoms with Gasteiger partial charge >= 0.3 is 0 Å². The van der Waals surface area contributed by atoms with Crippen LogP contribution in [0.2, 0.25) is 0 Å². The first-order valence-electron chi connectivity index (χ1n) is 5.96. The summed E-state index contributed by atoms with van der Waals surface area (Å²) in [5.74, 6) is -2.51. The second-order valence-electron chi connectivity index (χ2n) is 5.27. The number of carbonyl (C=O) groups is 1. The summed E-state index contributed by atoms with van der Waals surface area (Å²) < 4.78 is 25.4. The van der Waals surface area contributed by atoms with Gasteiger partial charge in [-0.25, -0.2) is 8.78 Å². The molecule has 3 aliphatic rings. The molecule has 0 aromatic heterocycles. The lowest BCUT2D eigenvalue weighted by molar-refractivity contribution is -0.160. The highest BCUT2D eigenvalue weighted by Gasteiger charge is 2.52. The lowest BCUT2D eigenvalue weighted by Crippen LogP contribution is -2.49. The molecule has 0 radical (unpaired) electrons. The molecule has 1 aliphatic carbocycles. The molecular formula is C11H16F2N2O. The summed E-state index contributed by atoms with van der Waals surface area (Å²) in [7, 11) is 0. The number of fused-ring (bicyclic) bond motifs is 1. The van der Waals surface area contributed by atoms with Gasteiger partial charge in [0.1, 0.15) is 0 Å². The molecule has 1 N–H and O–H groups in total. The Kier molecular flexibility index (Phi) is 2.21. The van der Waals surface area contributed by atoms with Gasteiger partial charge in [0.15, 0.2) is 0 Å². The largest absolute Gasteiger partial charge is 0.338 e. The van der Waals surface area contributed by atoms with Crippen molar-refractivity contribution in [2.75, 3.05) is 19.6 Å². The van der Waals surface area contributed by atoms with Crippen LogP contribution in [0.25, 0.3) is 0 Å². The van der Waals surface area contributed by atoms with Crippen LogP contribution in [0.15, 0.2) is 0 Å². The lowest BCUT2D eigenvalue weighted by Gasteiger charge is -2.37. The second kappa shape index (κ2) is 3.39. The fourth-order valence-electron chi connectivity index (χ4n) is 3.19. The topological polar surface area (TPSA) is 32.3 Å². The molecule has 3 fully saturated rings. The Morgan fingerprint density at radius 1 is 1.31 bits per heavy atom. The Labute approximate surface area is 93.2 Å². The first-order chi connectivity index (χ1) is 7.57. The predicted octanol–water partition coefficient (Wildman–Crippen LogP) is 0.852. The number of likely N-dealkylation sites (tertiary alicyclic amines) is 1. The Bertz CT molecular complexity index is 313. The van der Waals surface area contributed by atoms with E-state index in [0.717, 1.165) is 26.1 Å². The molecule has 5 heteroatoms. The number of halogens is 2. The van der Waals surface area contributed by atoms with E-state index in [9.17, 15) is 13.6 Å². The number of nitrogens with one attached hydrogen (secondary N) is 1. The minimum absolute atomic E-state index is 0.0397. The maximum absolute atomic E-state index is 12.7. The lowest BCUT2D eigenvalue weighted by atomic mass is 9.80. The van der Waals surface area contributed by atoms with Crippen LogP contribution in [0.4, 0.5) is 8.78 Å². The third-order valence-electron chi connectivity index (χ3n) is 4.17. The van der Waals surface area contributed by atoms with Crippen molar-refractivity contribution in [1.82, 2.24) is 10.2 Å². The van der Waals surface area contributed by atoms with Crippen molar-refractivity contribution in [1.29, 1.82) is 0 Å². The molecule has 1 amide bonds. The van der Waals surface area contributed by atoms with E-state index >= 15 is 0 Å². The van der Waals surface area contributed by atoms with E-state index in [0.29, 0.717) is 5.92 Å². The summed E-state index contributed by atoms with van der Waals surface area (Å²) in [6.45, 7) is 2.56. The zero-order valence-electron chi connectivity index (χ0n) is 9.09. The minimum atomic E-state index is -2.59. The molecule has 3 nitrogen and oxygen atoms in total. The van der Waals surface area contributed by atoms with Gasteiger partial charge in [-0.15, -0.1) is 0 Å². The highest BCUT2D eigenvalue weighted by atomic mass is 19.3. The number of hydrogen-bond donors (Lipinski definition) is 1. The third kappa shape index (κ3) is 1.52. The Hall–Kier alpha value is -0.710. The molecule has 0 aromatic carbocycles. The van der Waals surface area contributed by atoms with Crippen molar-refractivity contribution in [3.05, 3.63) is 0 Å². The van der Waals surface area contributed by atoms with E-state index in [1.807, 2.05) is 4.90 Å². The molecule has 90 valence electrons. The molecule has 0 spiro atoms. The fourth-order valence-corrected chi connectivity index (χ4v) is 3.19. The van der Waals surface area contributed by atoms with Crippen LogP contribution in [0.3, 0.4) is 0 Å². The highest BCUT2D eigenvalue weighted by Crippen LogP contribution is 2.44. The van der Waals surface area contributed by atoms with Gasteiger partial charge in [-0.05, 0) is 12.3 Å². The average molecular weight is 230 g/mol. The zero-order valence-corrected chi connectivity index (χ0v) is 9.09. The van der Waals surface area contributed by atoms with Gasteiger partial charge in [0.2, 0.25) is 11.8 Å². The summed E-state index contributed by atoms with van der Waals surface area (Å²) in [5.41, 5.74) is 0. The maximum Gasteiger partial charge on any atom is 0.249 e. The van der Waals surface area contributed by atoms with E-state index in [1.165, 1.54) is 0 Å². The maximum atomic E-state index is 12.7. The number of amides is 1. The van der Waals surface area contributed by atoms with Crippen LogP contribution < -0.4 is 5.32 Å². The molecule has 0 aromatic rings. The summed E-state index contributed by atoms with van der Waals surface area (Å²) in [6, 6.07) is 0.265. The SMILES string of the molecule is O=C(C1CC(F)(F)C1)N1CC[C@@H]2CNC[C@@H]21. The summed E-state index contributed by atoms with van der Waals surface area (Å²) in [4.78, 5) is 13.9. The molecule has 2 saturated heterocycles. The van der Waals surface area contributed by atoms with Crippen molar-refractivity contribution in [2.45, 2.75) is 31.2 Å². The smallest absolute Gasteiger partial charge is 0.249 e. The average Bonchev–Trinajstić information content (AvgIpc) is 2.73. The van der Waals surface area contributed by atoms with Crippen molar-refractivity contribution in [3.8, 4) is 0 Å². The Morgan fingerprint density at radius 3 is 2.75 bits per heavy atom. The number of carbonyl (C=O) groups excluding carboxylic acids is 1.